The molecule has 0 unspecified atom stereocenters. The number of methoxy groups -OCH3 is 1. The number of ether oxygens (including phenoxy) is 2. The van der Waals surface area contributed by atoms with Crippen molar-refractivity contribution in [3.05, 3.63) is 130 Å². The van der Waals surface area contributed by atoms with Gasteiger partial charge in [-0.3, -0.25) is 9.36 Å². The van der Waals surface area contributed by atoms with Gasteiger partial charge >= 0.3 is 5.97 Å². The molecule has 1 aliphatic heterocycles. The topological polar surface area (TPSA) is 69.9 Å². The number of allylic oxidation sites excluding steroid dienone is 1. The molecule has 0 N–H and O–H groups in total. The van der Waals surface area contributed by atoms with Gasteiger partial charge in [0.2, 0.25) is 0 Å². The van der Waals surface area contributed by atoms with Crippen LogP contribution in [0.15, 0.2) is 93.9 Å². The van der Waals surface area contributed by atoms with E-state index in [9.17, 15) is 9.59 Å². The average Bonchev–Trinajstić information content (AvgIpc) is 3.22. The van der Waals surface area contributed by atoms with E-state index in [4.69, 9.17) is 32.7 Å². The standard InChI is InChI=1S/C29H22Cl2N2O4S/c1-17-25(28(35)36-2)26(20-7-11-22(31)12-8-20)33-27(34)24(38-29(33)32-17)15-18-5-13-23(14-6-18)37-16-19-3-9-21(30)10-4-19/h3-15,26H,16H2,1-2H3/b24-15-/t26-/m1/s1. The van der Waals surface area contributed by atoms with Gasteiger partial charge in [-0.1, -0.05) is 70.9 Å². The molecule has 38 heavy (non-hydrogen) atoms. The molecule has 4 aromatic rings. The molecule has 0 radical (unpaired) electrons. The molecule has 0 fully saturated rings. The molecule has 192 valence electrons. The number of esters is 1. The number of thiazole rings is 1. The number of halogens is 2. The van der Waals surface area contributed by atoms with Gasteiger partial charge < -0.3 is 9.47 Å². The predicted molar refractivity (Wildman–Crippen MR) is 149 cm³/mol. The summed E-state index contributed by atoms with van der Waals surface area (Å²) in [7, 11) is 1.31. The van der Waals surface area contributed by atoms with Crippen molar-refractivity contribution in [2.75, 3.05) is 7.11 Å². The van der Waals surface area contributed by atoms with Crippen LogP contribution in [0.1, 0.15) is 29.7 Å². The van der Waals surface area contributed by atoms with E-state index in [1.165, 1.54) is 18.4 Å². The minimum Gasteiger partial charge on any atom is -0.489 e. The molecular weight excluding hydrogens is 543 g/mol. The highest BCUT2D eigenvalue weighted by atomic mass is 35.5. The number of nitrogens with zero attached hydrogens (tertiary/aromatic N) is 2. The Morgan fingerprint density at radius 3 is 2.26 bits per heavy atom. The number of aromatic nitrogens is 1. The Hall–Kier alpha value is -3.65. The van der Waals surface area contributed by atoms with Crippen LogP contribution in [0.4, 0.5) is 0 Å². The first-order valence-corrected chi connectivity index (χ1v) is 13.2. The third kappa shape index (κ3) is 5.31. The zero-order valence-electron chi connectivity index (χ0n) is 20.5. The second kappa shape index (κ2) is 11.0. The van der Waals surface area contributed by atoms with Crippen molar-refractivity contribution in [1.82, 2.24) is 4.57 Å². The van der Waals surface area contributed by atoms with Gasteiger partial charge in [0.1, 0.15) is 12.4 Å². The molecule has 3 aromatic carbocycles. The summed E-state index contributed by atoms with van der Waals surface area (Å²) in [6.45, 7) is 2.16. The van der Waals surface area contributed by atoms with Crippen LogP contribution in [0.5, 0.6) is 5.75 Å². The van der Waals surface area contributed by atoms with Crippen molar-refractivity contribution in [1.29, 1.82) is 0 Å². The maximum Gasteiger partial charge on any atom is 0.338 e. The Bertz CT molecular complexity index is 1700. The van der Waals surface area contributed by atoms with Gasteiger partial charge in [-0.15, -0.1) is 0 Å². The number of hydrogen-bond acceptors (Lipinski definition) is 6. The first-order chi connectivity index (χ1) is 18.3. The van der Waals surface area contributed by atoms with Crippen LogP contribution < -0.4 is 19.6 Å². The van der Waals surface area contributed by atoms with Crippen molar-refractivity contribution in [3.8, 4) is 5.75 Å². The highest BCUT2D eigenvalue weighted by Crippen LogP contribution is 2.31. The minimum absolute atomic E-state index is 0.245. The van der Waals surface area contributed by atoms with E-state index in [0.29, 0.717) is 43.0 Å². The summed E-state index contributed by atoms with van der Waals surface area (Å²) in [5.74, 6) is 0.175. The largest absolute Gasteiger partial charge is 0.489 e. The Balaban J connectivity index is 1.48. The van der Waals surface area contributed by atoms with Gasteiger partial charge in [0.25, 0.3) is 5.56 Å². The zero-order valence-corrected chi connectivity index (χ0v) is 22.8. The second-order valence-electron chi connectivity index (χ2n) is 8.61. The fraction of sp³-hybridized carbons (Fsp3) is 0.138. The molecule has 0 saturated carbocycles. The lowest BCUT2D eigenvalue weighted by Gasteiger charge is -2.24. The fourth-order valence-corrected chi connectivity index (χ4v) is 5.51. The van der Waals surface area contributed by atoms with E-state index < -0.39 is 12.0 Å². The number of hydrogen-bond donors (Lipinski definition) is 0. The van der Waals surface area contributed by atoms with Crippen molar-refractivity contribution < 1.29 is 14.3 Å². The summed E-state index contributed by atoms with van der Waals surface area (Å²) in [4.78, 5) is 31.4. The molecule has 1 aliphatic rings. The normalized spacial score (nSPS) is 15.2. The summed E-state index contributed by atoms with van der Waals surface area (Å²) in [6.07, 6.45) is 1.81. The number of rotatable bonds is 6. The van der Waals surface area contributed by atoms with E-state index in [2.05, 4.69) is 4.99 Å². The van der Waals surface area contributed by atoms with Crippen LogP contribution in [0.25, 0.3) is 6.08 Å². The monoisotopic (exact) mass is 564 g/mol. The lowest BCUT2D eigenvalue weighted by atomic mass is 9.96. The first-order valence-electron chi connectivity index (χ1n) is 11.7. The minimum atomic E-state index is -0.679. The van der Waals surface area contributed by atoms with Gasteiger partial charge in [-0.25, -0.2) is 9.79 Å². The Kier molecular flexibility index (Phi) is 7.51. The molecule has 6 nitrogen and oxygen atoms in total. The second-order valence-corrected chi connectivity index (χ2v) is 10.5. The number of carbonyl (C=O) groups excluding carboxylic acids is 1. The van der Waals surface area contributed by atoms with E-state index in [1.54, 1.807) is 35.8 Å². The molecule has 1 aromatic heterocycles. The van der Waals surface area contributed by atoms with Crippen molar-refractivity contribution in [2.45, 2.75) is 19.6 Å². The Labute approximate surface area is 232 Å². The lowest BCUT2D eigenvalue weighted by molar-refractivity contribution is -0.136. The summed E-state index contributed by atoms with van der Waals surface area (Å²) in [5.41, 5.74) is 3.16. The summed E-state index contributed by atoms with van der Waals surface area (Å²) < 4.78 is 12.9. The molecule has 0 amide bonds. The molecule has 0 saturated heterocycles. The van der Waals surface area contributed by atoms with Gasteiger partial charge in [0, 0.05) is 10.0 Å². The molecule has 1 atom stereocenters. The van der Waals surface area contributed by atoms with Crippen LogP contribution >= 0.6 is 34.5 Å². The maximum absolute atomic E-state index is 13.6. The summed E-state index contributed by atoms with van der Waals surface area (Å²) in [5, 5.41) is 1.24. The highest BCUT2D eigenvalue weighted by molar-refractivity contribution is 7.07. The number of carbonyl (C=O) groups is 1. The molecule has 0 spiro atoms. The van der Waals surface area contributed by atoms with E-state index >= 15 is 0 Å². The molecule has 5 rings (SSSR count). The Morgan fingerprint density at radius 2 is 1.63 bits per heavy atom. The fourth-order valence-electron chi connectivity index (χ4n) is 4.21. The highest BCUT2D eigenvalue weighted by Gasteiger charge is 2.33. The van der Waals surface area contributed by atoms with Gasteiger partial charge in [-0.05, 0) is 66.1 Å². The van der Waals surface area contributed by atoms with Gasteiger partial charge in [0.05, 0.1) is 29.0 Å². The van der Waals surface area contributed by atoms with E-state index in [1.807, 2.05) is 54.6 Å². The van der Waals surface area contributed by atoms with Crippen molar-refractivity contribution in [3.63, 3.8) is 0 Å². The summed E-state index contributed by atoms with van der Waals surface area (Å²) in [6, 6.07) is 21.4. The van der Waals surface area contributed by atoms with E-state index in [0.717, 1.165) is 16.7 Å². The van der Waals surface area contributed by atoms with E-state index in [-0.39, 0.29) is 5.56 Å². The molecular formula is C29H22Cl2N2O4S. The summed E-state index contributed by atoms with van der Waals surface area (Å²) >= 11 is 13.3. The number of fused-ring (bicyclic) bond motifs is 1. The van der Waals surface area contributed by atoms with Crippen LogP contribution in [0.2, 0.25) is 10.0 Å². The maximum atomic E-state index is 13.6. The van der Waals surface area contributed by atoms with Crippen molar-refractivity contribution >= 4 is 46.6 Å². The average molecular weight is 565 g/mol. The lowest BCUT2D eigenvalue weighted by Crippen LogP contribution is -2.39. The molecule has 2 heterocycles. The molecule has 0 aliphatic carbocycles. The van der Waals surface area contributed by atoms with Gasteiger partial charge in [-0.2, -0.15) is 0 Å². The number of benzene rings is 3. The quantitative estimate of drug-likeness (QED) is 0.298. The zero-order chi connectivity index (χ0) is 26.8. The van der Waals surface area contributed by atoms with Gasteiger partial charge in [0.15, 0.2) is 4.80 Å². The molecule has 9 heteroatoms. The Morgan fingerprint density at radius 1 is 1.00 bits per heavy atom. The molecule has 0 bridgehead atoms. The first kappa shape index (κ1) is 26.0. The van der Waals surface area contributed by atoms with Crippen molar-refractivity contribution in [2.24, 2.45) is 4.99 Å². The third-order valence-electron chi connectivity index (χ3n) is 6.11. The van der Waals surface area contributed by atoms with Crippen LogP contribution in [-0.2, 0) is 16.1 Å². The van der Waals surface area contributed by atoms with Crippen LogP contribution in [0.3, 0.4) is 0 Å². The SMILES string of the molecule is COC(=O)C1=C(C)N=c2s/c(=C\c3ccc(OCc4ccc(Cl)cc4)cc3)c(=O)n2[C@@H]1c1ccc(Cl)cc1. The third-order valence-corrected chi connectivity index (χ3v) is 7.60. The van der Waals surface area contributed by atoms with Crippen LogP contribution in [-0.4, -0.2) is 17.6 Å². The van der Waals surface area contributed by atoms with Crippen LogP contribution in [0, 0.1) is 0 Å². The smallest absolute Gasteiger partial charge is 0.338 e. The predicted octanol–water partition coefficient (Wildman–Crippen LogP) is 5.29.